The van der Waals surface area contributed by atoms with Crippen molar-refractivity contribution in [1.29, 1.82) is 0 Å². The SMILES string of the molecule is O=C(N[C@H](COC(=O)[C@@H](Cc1ccccc1)NC(=O)c1ccncc1)Cc1ccccc1)c1ccccc1. The summed E-state index contributed by atoms with van der Waals surface area (Å²) in [6.45, 7) is -0.0529. The molecule has 2 amide bonds. The van der Waals surface area contributed by atoms with Crippen molar-refractivity contribution in [1.82, 2.24) is 15.6 Å². The lowest BCUT2D eigenvalue weighted by atomic mass is 10.0. The van der Waals surface area contributed by atoms with Crippen molar-refractivity contribution in [2.75, 3.05) is 6.61 Å². The fourth-order valence-corrected chi connectivity index (χ4v) is 3.98. The zero-order valence-electron chi connectivity index (χ0n) is 20.8. The van der Waals surface area contributed by atoms with Gasteiger partial charge < -0.3 is 15.4 Å². The first-order chi connectivity index (χ1) is 18.6. The van der Waals surface area contributed by atoms with E-state index in [2.05, 4.69) is 15.6 Å². The van der Waals surface area contributed by atoms with E-state index in [9.17, 15) is 14.4 Å². The van der Waals surface area contributed by atoms with Crippen molar-refractivity contribution in [3.8, 4) is 0 Å². The Morgan fingerprint density at radius 2 is 1.13 bits per heavy atom. The van der Waals surface area contributed by atoms with E-state index in [0.29, 0.717) is 17.5 Å². The van der Waals surface area contributed by atoms with Crippen LogP contribution in [-0.2, 0) is 22.4 Å². The summed E-state index contributed by atoms with van der Waals surface area (Å²) in [5.74, 6) is -1.24. The number of amides is 2. The summed E-state index contributed by atoms with van der Waals surface area (Å²) in [6.07, 6.45) is 3.77. The molecule has 7 nitrogen and oxygen atoms in total. The molecular weight excluding hydrogens is 478 g/mol. The molecule has 2 atom stereocenters. The highest BCUT2D eigenvalue weighted by molar-refractivity contribution is 5.96. The molecule has 38 heavy (non-hydrogen) atoms. The van der Waals surface area contributed by atoms with Crippen molar-refractivity contribution in [3.63, 3.8) is 0 Å². The number of hydrogen-bond acceptors (Lipinski definition) is 5. The van der Waals surface area contributed by atoms with Crippen molar-refractivity contribution >= 4 is 17.8 Å². The van der Waals surface area contributed by atoms with Gasteiger partial charge in [-0.15, -0.1) is 0 Å². The van der Waals surface area contributed by atoms with E-state index in [-0.39, 0.29) is 18.9 Å². The summed E-state index contributed by atoms with van der Waals surface area (Å²) in [4.78, 5) is 42.9. The molecule has 2 N–H and O–H groups in total. The topological polar surface area (TPSA) is 97.4 Å². The first-order valence-corrected chi connectivity index (χ1v) is 12.4. The molecule has 192 valence electrons. The Balaban J connectivity index is 1.47. The highest BCUT2D eigenvalue weighted by atomic mass is 16.5. The van der Waals surface area contributed by atoms with Crippen molar-refractivity contribution in [3.05, 3.63) is 138 Å². The van der Waals surface area contributed by atoms with Gasteiger partial charge in [0, 0.05) is 29.9 Å². The number of carbonyl (C=O) groups is 3. The van der Waals surface area contributed by atoms with Crippen molar-refractivity contribution < 1.29 is 19.1 Å². The molecule has 0 unspecified atom stereocenters. The number of ether oxygens (including phenoxy) is 1. The summed E-state index contributed by atoms with van der Waals surface area (Å²) in [5, 5.41) is 5.77. The van der Waals surface area contributed by atoms with E-state index in [1.807, 2.05) is 66.7 Å². The van der Waals surface area contributed by atoms with Crippen LogP contribution in [0.4, 0.5) is 0 Å². The molecule has 0 fully saturated rings. The number of pyridine rings is 1. The standard InChI is InChI=1S/C31H29N3O4/c35-29(25-14-8-3-9-15-25)33-27(20-23-10-4-1-5-11-23)22-38-31(37)28(21-24-12-6-2-7-13-24)34-30(36)26-16-18-32-19-17-26/h1-19,27-28H,20-22H2,(H,33,35)(H,34,36)/t27-,28+/m0/s1. The summed E-state index contributed by atoms with van der Waals surface area (Å²) in [5.41, 5.74) is 2.78. The van der Waals surface area contributed by atoms with Gasteiger partial charge in [0.25, 0.3) is 11.8 Å². The third-order valence-electron chi connectivity index (χ3n) is 5.94. The summed E-state index contributed by atoms with van der Waals surface area (Å²) in [7, 11) is 0. The predicted molar refractivity (Wildman–Crippen MR) is 144 cm³/mol. The predicted octanol–water partition coefficient (Wildman–Crippen LogP) is 4.01. The van der Waals surface area contributed by atoms with Gasteiger partial charge >= 0.3 is 5.97 Å². The third-order valence-corrected chi connectivity index (χ3v) is 5.94. The van der Waals surface area contributed by atoms with E-state index < -0.39 is 24.0 Å². The first kappa shape index (κ1) is 26.3. The molecule has 0 radical (unpaired) electrons. The molecule has 0 spiro atoms. The fraction of sp³-hybridized carbons (Fsp3) is 0.161. The minimum atomic E-state index is -0.916. The van der Waals surface area contributed by atoms with Gasteiger partial charge in [-0.3, -0.25) is 14.6 Å². The quantitative estimate of drug-likeness (QED) is 0.299. The Hall–Kier alpha value is -4.78. The summed E-state index contributed by atoms with van der Waals surface area (Å²) < 4.78 is 5.70. The van der Waals surface area contributed by atoms with Gasteiger partial charge in [-0.2, -0.15) is 0 Å². The summed E-state index contributed by atoms with van der Waals surface area (Å²) in [6, 6.07) is 29.7. The van der Waals surface area contributed by atoms with Gasteiger partial charge in [-0.05, 0) is 41.8 Å². The second-order valence-corrected chi connectivity index (χ2v) is 8.81. The average Bonchev–Trinajstić information content (AvgIpc) is 2.97. The van der Waals surface area contributed by atoms with Crippen LogP contribution in [0, 0.1) is 0 Å². The number of nitrogens with one attached hydrogen (secondary N) is 2. The van der Waals surface area contributed by atoms with E-state index in [4.69, 9.17) is 4.74 Å². The number of esters is 1. The van der Waals surface area contributed by atoms with Gasteiger partial charge in [0.1, 0.15) is 12.6 Å². The monoisotopic (exact) mass is 507 g/mol. The van der Waals surface area contributed by atoms with Gasteiger partial charge in [0.05, 0.1) is 6.04 Å². The van der Waals surface area contributed by atoms with Gasteiger partial charge in [0.15, 0.2) is 0 Å². The van der Waals surface area contributed by atoms with Crippen LogP contribution in [0.2, 0.25) is 0 Å². The van der Waals surface area contributed by atoms with Crippen LogP contribution in [0.25, 0.3) is 0 Å². The molecule has 4 rings (SSSR count). The molecule has 0 aliphatic carbocycles. The molecule has 1 aromatic heterocycles. The Morgan fingerprint density at radius 3 is 1.74 bits per heavy atom. The molecule has 1 heterocycles. The van der Waals surface area contributed by atoms with E-state index >= 15 is 0 Å². The Kier molecular flexibility index (Phi) is 9.34. The van der Waals surface area contributed by atoms with Crippen molar-refractivity contribution in [2.24, 2.45) is 0 Å². The maximum atomic E-state index is 13.3. The molecule has 0 saturated heterocycles. The molecule has 3 aromatic carbocycles. The van der Waals surface area contributed by atoms with Crippen LogP contribution in [0.1, 0.15) is 31.8 Å². The Labute approximate surface area is 221 Å². The molecule has 0 aliphatic rings. The fourth-order valence-electron chi connectivity index (χ4n) is 3.98. The van der Waals surface area contributed by atoms with Crippen molar-refractivity contribution in [2.45, 2.75) is 24.9 Å². The van der Waals surface area contributed by atoms with Crippen LogP contribution >= 0.6 is 0 Å². The van der Waals surface area contributed by atoms with Crippen LogP contribution in [-0.4, -0.2) is 41.5 Å². The third kappa shape index (κ3) is 7.86. The Bertz CT molecular complexity index is 1320. The maximum Gasteiger partial charge on any atom is 0.329 e. The van der Waals surface area contributed by atoms with Crippen LogP contribution < -0.4 is 10.6 Å². The van der Waals surface area contributed by atoms with Gasteiger partial charge in [-0.1, -0.05) is 78.9 Å². The number of rotatable bonds is 11. The first-order valence-electron chi connectivity index (χ1n) is 12.4. The maximum absolute atomic E-state index is 13.3. The van der Waals surface area contributed by atoms with E-state index in [1.54, 1.807) is 36.4 Å². The van der Waals surface area contributed by atoms with E-state index in [1.165, 1.54) is 12.4 Å². The number of nitrogens with zero attached hydrogens (tertiary/aromatic N) is 1. The number of carbonyl (C=O) groups excluding carboxylic acids is 3. The number of hydrogen-bond donors (Lipinski definition) is 2. The van der Waals surface area contributed by atoms with Gasteiger partial charge in [-0.25, -0.2) is 4.79 Å². The van der Waals surface area contributed by atoms with Crippen LogP contribution in [0.5, 0.6) is 0 Å². The molecule has 7 heteroatoms. The van der Waals surface area contributed by atoms with E-state index in [0.717, 1.165) is 11.1 Å². The molecule has 0 saturated carbocycles. The number of benzene rings is 3. The highest BCUT2D eigenvalue weighted by Gasteiger charge is 2.25. The highest BCUT2D eigenvalue weighted by Crippen LogP contribution is 2.10. The minimum Gasteiger partial charge on any atom is -0.462 e. The van der Waals surface area contributed by atoms with Crippen LogP contribution in [0.3, 0.4) is 0 Å². The second kappa shape index (κ2) is 13.5. The minimum absolute atomic E-state index is 0.0529. The molecule has 4 aromatic rings. The summed E-state index contributed by atoms with van der Waals surface area (Å²) >= 11 is 0. The zero-order valence-corrected chi connectivity index (χ0v) is 20.8. The molecule has 0 bridgehead atoms. The number of aromatic nitrogens is 1. The zero-order chi connectivity index (χ0) is 26.6. The smallest absolute Gasteiger partial charge is 0.329 e. The van der Waals surface area contributed by atoms with Crippen LogP contribution in [0.15, 0.2) is 116 Å². The lowest BCUT2D eigenvalue weighted by molar-refractivity contribution is -0.146. The largest absolute Gasteiger partial charge is 0.462 e. The second-order valence-electron chi connectivity index (χ2n) is 8.81. The Morgan fingerprint density at radius 1 is 0.632 bits per heavy atom. The van der Waals surface area contributed by atoms with Gasteiger partial charge in [0.2, 0.25) is 0 Å². The average molecular weight is 508 g/mol. The normalized spacial score (nSPS) is 12.1. The molecule has 0 aliphatic heterocycles. The lowest BCUT2D eigenvalue weighted by Gasteiger charge is -2.22. The molecular formula is C31H29N3O4. The lowest BCUT2D eigenvalue weighted by Crippen LogP contribution is -2.46.